The largest absolute Gasteiger partial charge is 1.00 e. The van der Waals surface area contributed by atoms with E-state index < -0.39 is 5.97 Å². The molecule has 2 heterocycles. The number of aromatic nitrogens is 1. The monoisotopic (exact) mass is 513 g/mol. The average Bonchev–Trinajstić information content (AvgIpc) is 3.27. The molecule has 3 aromatic carbocycles. The maximum atomic E-state index is 12.4. The molecule has 6 heteroatoms. The fraction of sp³-hybridized carbons (Fsp3) is 0.250. The van der Waals surface area contributed by atoms with Crippen molar-refractivity contribution in [3.05, 3.63) is 95.1 Å². The van der Waals surface area contributed by atoms with Crippen LogP contribution in [0.5, 0.6) is 5.75 Å². The zero-order valence-corrected chi connectivity index (χ0v) is 24.0. The number of rotatable bonds is 5. The first-order valence-electron chi connectivity index (χ1n) is 12.9. The van der Waals surface area contributed by atoms with Gasteiger partial charge >= 0.3 is 29.6 Å². The number of aromatic carboxylic acids is 1. The molecule has 6 rings (SSSR count). The number of ether oxygens (including phenoxy) is 1. The van der Waals surface area contributed by atoms with E-state index in [1.165, 1.54) is 5.56 Å². The van der Waals surface area contributed by atoms with Crippen LogP contribution in [0.3, 0.4) is 0 Å². The van der Waals surface area contributed by atoms with Gasteiger partial charge < -0.3 is 19.1 Å². The zero-order valence-electron chi connectivity index (χ0n) is 22.0. The van der Waals surface area contributed by atoms with Crippen LogP contribution in [0.4, 0.5) is 0 Å². The molecule has 0 bridgehead atoms. The summed E-state index contributed by atoms with van der Waals surface area (Å²) in [5.74, 6) is 0.273. The molecule has 0 N–H and O–H groups in total. The van der Waals surface area contributed by atoms with Crippen LogP contribution in [0.25, 0.3) is 33.3 Å². The fourth-order valence-electron chi connectivity index (χ4n) is 5.70. The molecule has 2 atom stereocenters. The number of nitrogens with zero attached hydrogens (tertiary/aromatic N) is 1. The second-order valence-electron chi connectivity index (χ2n) is 10.0. The van der Waals surface area contributed by atoms with Crippen molar-refractivity contribution in [1.29, 1.82) is 0 Å². The Hall–Kier alpha value is -3.12. The molecule has 1 aliphatic rings. The topological polar surface area (TPSA) is 75.4 Å². The van der Waals surface area contributed by atoms with Crippen molar-refractivity contribution in [2.45, 2.75) is 51.6 Å². The van der Waals surface area contributed by atoms with E-state index in [0.717, 1.165) is 47.8 Å². The van der Waals surface area contributed by atoms with E-state index in [9.17, 15) is 9.90 Å². The van der Waals surface area contributed by atoms with Crippen LogP contribution < -0.4 is 39.4 Å². The van der Waals surface area contributed by atoms with Gasteiger partial charge in [0.1, 0.15) is 17.0 Å². The minimum atomic E-state index is -1.26. The van der Waals surface area contributed by atoms with Gasteiger partial charge in [0.05, 0.1) is 23.0 Å². The molecule has 1 saturated carbocycles. The summed E-state index contributed by atoms with van der Waals surface area (Å²) >= 11 is 0. The van der Waals surface area contributed by atoms with Crippen LogP contribution in [0.15, 0.2) is 77.2 Å². The number of pyridine rings is 1. The first kappa shape index (κ1) is 26.5. The number of carbonyl (C=O) groups is 1. The van der Waals surface area contributed by atoms with Crippen molar-refractivity contribution in [2.24, 2.45) is 0 Å². The molecule has 0 spiro atoms. The third-order valence-electron chi connectivity index (χ3n) is 7.61. The van der Waals surface area contributed by atoms with Crippen molar-refractivity contribution >= 4 is 27.8 Å². The Bertz CT molecular complexity index is 1630. The van der Waals surface area contributed by atoms with Crippen LogP contribution in [-0.2, 0) is 0 Å². The van der Waals surface area contributed by atoms with Gasteiger partial charge in [-0.1, -0.05) is 54.6 Å². The van der Waals surface area contributed by atoms with E-state index in [4.69, 9.17) is 14.1 Å². The number of hydrogen-bond donors (Lipinski definition) is 0. The molecule has 38 heavy (non-hydrogen) atoms. The molecule has 0 amide bonds. The van der Waals surface area contributed by atoms with Gasteiger partial charge in [0.25, 0.3) is 0 Å². The fourth-order valence-corrected chi connectivity index (χ4v) is 5.70. The Morgan fingerprint density at radius 1 is 1.00 bits per heavy atom. The van der Waals surface area contributed by atoms with Crippen molar-refractivity contribution < 1.29 is 48.6 Å². The first-order chi connectivity index (χ1) is 18.0. The number of hydrogen-bond acceptors (Lipinski definition) is 5. The van der Waals surface area contributed by atoms with Gasteiger partial charge in [-0.15, -0.1) is 0 Å². The summed E-state index contributed by atoms with van der Waals surface area (Å²) in [6.07, 6.45) is 4.02. The van der Waals surface area contributed by atoms with Gasteiger partial charge in [-0.3, -0.25) is 0 Å². The second-order valence-corrected chi connectivity index (χ2v) is 10.0. The molecule has 5 nitrogen and oxygen atoms in total. The summed E-state index contributed by atoms with van der Waals surface area (Å²) in [6, 6.07) is 23.7. The van der Waals surface area contributed by atoms with Gasteiger partial charge in [0, 0.05) is 16.5 Å². The number of carbonyl (C=O) groups excluding carboxylic acids is 1. The standard InChI is InChI=1S/C32H29NO4.Na/c1-19-15-16-28(36-23-12-8-11-22(17-23)21-9-4-3-5-10-21)29-25(32(34)35)18-26(33-30(19)29)31-20(2)24-13-6-7-14-27(24)37-31;/h3-7,9-10,13-16,18,22-23H,8,11-12,17H2,1-2H3,(H,34,35);/q;+1/p-1/t22-,23-;/m0./s1. The van der Waals surface area contributed by atoms with E-state index in [2.05, 4.69) is 24.3 Å². The summed E-state index contributed by atoms with van der Waals surface area (Å²) in [4.78, 5) is 17.3. The number of benzene rings is 3. The summed E-state index contributed by atoms with van der Waals surface area (Å²) < 4.78 is 12.6. The molecule has 1 fully saturated rings. The number of fused-ring (bicyclic) bond motifs is 2. The van der Waals surface area contributed by atoms with E-state index >= 15 is 0 Å². The molecule has 0 saturated heterocycles. The first-order valence-corrected chi connectivity index (χ1v) is 12.9. The summed E-state index contributed by atoms with van der Waals surface area (Å²) in [7, 11) is 0. The minimum absolute atomic E-state index is 0. The maximum absolute atomic E-state index is 12.4. The number of aryl methyl sites for hydroxylation is 2. The normalized spacial score (nSPS) is 17.3. The third-order valence-corrected chi connectivity index (χ3v) is 7.61. The third kappa shape index (κ3) is 4.86. The SMILES string of the molecule is Cc1c(-c2cc(C(=O)[O-])c3c(O[C@H]4CCC[C@H](c5ccccc5)C4)ccc(C)c3n2)oc2ccccc12.[Na+]. The Morgan fingerprint density at radius 3 is 2.53 bits per heavy atom. The van der Waals surface area contributed by atoms with Gasteiger partial charge in [-0.25, -0.2) is 4.98 Å². The van der Waals surface area contributed by atoms with E-state index in [1.807, 2.05) is 56.3 Å². The van der Waals surface area contributed by atoms with Crippen molar-refractivity contribution in [1.82, 2.24) is 4.98 Å². The predicted molar refractivity (Wildman–Crippen MR) is 143 cm³/mol. The molecule has 186 valence electrons. The van der Waals surface area contributed by atoms with Gasteiger partial charge in [-0.2, -0.15) is 0 Å². The van der Waals surface area contributed by atoms with Crippen LogP contribution >= 0.6 is 0 Å². The van der Waals surface area contributed by atoms with Gasteiger partial charge in [-0.05, 0) is 74.8 Å². The van der Waals surface area contributed by atoms with Crippen LogP contribution in [-0.4, -0.2) is 17.1 Å². The van der Waals surface area contributed by atoms with E-state index in [0.29, 0.717) is 34.0 Å². The Labute approximate surface area is 244 Å². The molecular weight excluding hydrogens is 485 g/mol. The molecule has 5 aromatic rings. The Morgan fingerprint density at radius 2 is 1.76 bits per heavy atom. The number of furan rings is 1. The number of carboxylic acid groups (broad SMARTS) is 1. The molecular formula is C32H28NNaO4. The van der Waals surface area contributed by atoms with E-state index in [1.54, 1.807) is 6.07 Å². The number of para-hydroxylation sites is 1. The molecule has 1 aliphatic carbocycles. The average molecular weight is 514 g/mol. The van der Waals surface area contributed by atoms with Crippen LogP contribution in [0, 0.1) is 13.8 Å². The second kappa shape index (κ2) is 10.9. The van der Waals surface area contributed by atoms with Gasteiger partial charge in [0.2, 0.25) is 0 Å². The molecule has 2 aromatic heterocycles. The Kier molecular flexibility index (Phi) is 7.62. The van der Waals surface area contributed by atoms with E-state index in [-0.39, 0.29) is 41.2 Å². The Balaban J connectivity index is 0.00000294. The van der Waals surface area contributed by atoms with Crippen molar-refractivity contribution in [2.75, 3.05) is 0 Å². The summed E-state index contributed by atoms with van der Waals surface area (Å²) in [5.41, 5.74) is 4.98. The molecule has 0 unspecified atom stereocenters. The van der Waals surface area contributed by atoms with Crippen LogP contribution in [0.1, 0.15) is 58.6 Å². The smallest absolute Gasteiger partial charge is 0.545 e. The number of carboxylic acids is 1. The summed E-state index contributed by atoms with van der Waals surface area (Å²) in [6.45, 7) is 3.89. The minimum Gasteiger partial charge on any atom is -0.545 e. The van der Waals surface area contributed by atoms with Crippen LogP contribution in [0.2, 0.25) is 0 Å². The van der Waals surface area contributed by atoms with Gasteiger partial charge in [0.15, 0.2) is 5.76 Å². The van der Waals surface area contributed by atoms with Crippen molar-refractivity contribution in [3.8, 4) is 17.2 Å². The van der Waals surface area contributed by atoms with Crippen molar-refractivity contribution in [3.63, 3.8) is 0 Å². The zero-order chi connectivity index (χ0) is 25.5. The molecule has 0 aliphatic heterocycles. The maximum Gasteiger partial charge on any atom is 1.00 e. The predicted octanol–water partition coefficient (Wildman–Crippen LogP) is 3.74. The quantitative estimate of drug-likeness (QED) is 0.335. The molecule has 0 radical (unpaired) electrons. The summed E-state index contributed by atoms with van der Waals surface area (Å²) in [5, 5.41) is 13.9.